The summed E-state index contributed by atoms with van der Waals surface area (Å²) < 4.78 is 19.2. The highest BCUT2D eigenvalue weighted by Gasteiger charge is 2.10. The summed E-state index contributed by atoms with van der Waals surface area (Å²) in [6.45, 7) is 1.18. The normalized spacial score (nSPS) is 10.6. The van der Waals surface area contributed by atoms with Crippen molar-refractivity contribution in [3.8, 4) is 5.75 Å². The lowest BCUT2D eigenvalue weighted by Crippen LogP contribution is -2.33. The van der Waals surface area contributed by atoms with Gasteiger partial charge in [0.25, 0.3) is 0 Å². The Morgan fingerprint density at radius 2 is 2.00 bits per heavy atom. The topological polar surface area (TPSA) is 41.6 Å². The van der Waals surface area contributed by atoms with Crippen LogP contribution in [-0.4, -0.2) is 37.6 Å². The average molecular weight is 337 g/mol. The molecule has 4 nitrogen and oxygen atoms in total. The molecule has 0 heterocycles. The van der Waals surface area contributed by atoms with Gasteiger partial charge < -0.3 is 10.1 Å². The fraction of sp³-hybridized carbons (Fsp3) is 0.235. The van der Waals surface area contributed by atoms with E-state index in [1.165, 1.54) is 12.1 Å². The number of nitrogens with zero attached hydrogens (tertiary/aromatic N) is 1. The van der Waals surface area contributed by atoms with Crippen LogP contribution in [0.5, 0.6) is 5.75 Å². The van der Waals surface area contributed by atoms with E-state index in [0.29, 0.717) is 13.2 Å². The molecule has 0 bridgehead atoms. The lowest BCUT2D eigenvalue weighted by atomic mass is 10.3. The predicted molar refractivity (Wildman–Crippen MR) is 89.5 cm³/mol. The third-order valence-corrected chi connectivity index (χ3v) is 3.34. The van der Waals surface area contributed by atoms with Crippen LogP contribution in [0.4, 0.5) is 10.1 Å². The van der Waals surface area contributed by atoms with Crippen molar-refractivity contribution in [3.63, 3.8) is 0 Å². The van der Waals surface area contributed by atoms with E-state index in [1.54, 1.807) is 11.9 Å². The molecule has 1 amide bonds. The van der Waals surface area contributed by atoms with Gasteiger partial charge >= 0.3 is 0 Å². The summed E-state index contributed by atoms with van der Waals surface area (Å²) in [6, 6.07) is 13.6. The van der Waals surface area contributed by atoms with Crippen molar-refractivity contribution in [2.75, 3.05) is 32.1 Å². The molecule has 0 radical (unpaired) electrons. The van der Waals surface area contributed by atoms with Crippen molar-refractivity contribution < 1.29 is 13.9 Å². The highest BCUT2D eigenvalue weighted by atomic mass is 35.5. The summed E-state index contributed by atoms with van der Waals surface area (Å²) in [6.07, 6.45) is 0. The van der Waals surface area contributed by atoms with Gasteiger partial charge in [-0.15, -0.1) is 0 Å². The SMILES string of the molecule is CN(CCOc1ccccc1)CC(=O)Nc1ccc(Cl)cc1F. The van der Waals surface area contributed by atoms with Crippen LogP contribution in [0.15, 0.2) is 48.5 Å². The van der Waals surface area contributed by atoms with Gasteiger partial charge in [-0.1, -0.05) is 29.8 Å². The quantitative estimate of drug-likeness (QED) is 0.842. The van der Waals surface area contributed by atoms with E-state index in [9.17, 15) is 9.18 Å². The molecule has 0 atom stereocenters. The lowest BCUT2D eigenvalue weighted by Gasteiger charge is -2.16. The van der Waals surface area contributed by atoms with E-state index in [2.05, 4.69) is 5.32 Å². The molecule has 122 valence electrons. The molecule has 0 aliphatic carbocycles. The number of hydrogen-bond donors (Lipinski definition) is 1. The molecule has 2 aromatic carbocycles. The van der Waals surface area contributed by atoms with Gasteiger partial charge in [0.05, 0.1) is 12.2 Å². The second-order valence-corrected chi connectivity index (χ2v) is 5.51. The maximum Gasteiger partial charge on any atom is 0.238 e. The summed E-state index contributed by atoms with van der Waals surface area (Å²) >= 11 is 5.67. The van der Waals surface area contributed by atoms with Crippen LogP contribution in [0.25, 0.3) is 0 Å². The summed E-state index contributed by atoms with van der Waals surface area (Å²) in [7, 11) is 1.80. The van der Waals surface area contributed by atoms with E-state index < -0.39 is 5.82 Å². The van der Waals surface area contributed by atoms with Crippen molar-refractivity contribution in [2.45, 2.75) is 0 Å². The number of nitrogens with one attached hydrogen (secondary N) is 1. The predicted octanol–water partition coefficient (Wildman–Crippen LogP) is 3.43. The van der Waals surface area contributed by atoms with Crippen molar-refractivity contribution in [2.24, 2.45) is 0 Å². The van der Waals surface area contributed by atoms with Crippen LogP contribution < -0.4 is 10.1 Å². The molecule has 0 aromatic heterocycles. The summed E-state index contributed by atoms with van der Waals surface area (Å²) in [5, 5.41) is 2.81. The molecular weight excluding hydrogens is 319 g/mol. The maximum absolute atomic E-state index is 13.6. The molecular formula is C17H18ClFN2O2. The molecule has 0 saturated carbocycles. The summed E-state index contributed by atoms with van der Waals surface area (Å²) in [5.41, 5.74) is 0.119. The smallest absolute Gasteiger partial charge is 0.238 e. The largest absolute Gasteiger partial charge is 0.492 e. The van der Waals surface area contributed by atoms with E-state index in [-0.39, 0.29) is 23.2 Å². The van der Waals surface area contributed by atoms with Gasteiger partial charge in [-0.25, -0.2) is 4.39 Å². The molecule has 0 unspecified atom stereocenters. The van der Waals surface area contributed by atoms with Crippen molar-refractivity contribution >= 4 is 23.2 Å². The molecule has 2 aromatic rings. The van der Waals surface area contributed by atoms with Gasteiger partial charge in [-0.05, 0) is 37.4 Å². The number of likely N-dealkylation sites (N-methyl/N-ethyl adjacent to an activating group) is 1. The van der Waals surface area contributed by atoms with Crippen LogP contribution in [0, 0.1) is 5.82 Å². The van der Waals surface area contributed by atoms with Gasteiger partial charge in [-0.3, -0.25) is 9.69 Å². The number of carbonyl (C=O) groups is 1. The second-order valence-electron chi connectivity index (χ2n) is 5.07. The number of benzene rings is 2. The van der Waals surface area contributed by atoms with E-state index >= 15 is 0 Å². The number of amides is 1. The zero-order valence-corrected chi connectivity index (χ0v) is 13.5. The molecule has 0 aliphatic heterocycles. The third-order valence-electron chi connectivity index (χ3n) is 3.10. The number of ether oxygens (including phenoxy) is 1. The van der Waals surface area contributed by atoms with Crippen molar-refractivity contribution in [1.29, 1.82) is 0 Å². The molecule has 6 heteroatoms. The maximum atomic E-state index is 13.6. The molecule has 0 saturated heterocycles. The molecule has 1 N–H and O–H groups in total. The minimum atomic E-state index is -0.555. The Hall–Kier alpha value is -2.11. The summed E-state index contributed by atoms with van der Waals surface area (Å²) in [4.78, 5) is 13.7. The van der Waals surface area contributed by atoms with E-state index in [4.69, 9.17) is 16.3 Å². The molecule has 2 rings (SSSR count). The van der Waals surface area contributed by atoms with Crippen LogP contribution in [0.1, 0.15) is 0 Å². The van der Waals surface area contributed by atoms with Gasteiger partial charge in [0.1, 0.15) is 18.2 Å². The molecule has 0 fully saturated rings. The molecule has 0 spiro atoms. The van der Waals surface area contributed by atoms with E-state index in [0.717, 1.165) is 11.8 Å². The van der Waals surface area contributed by atoms with Crippen LogP contribution in [-0.2, 0) is 4.79 Å². The number of anilines is 1. The number of carbonyl (C=O) groups excluding carboxylic acids is 1. The van der Waals surface area contributed by atoms with Crippen LogP contribution >= 0.6 is 11.6 Å². The van der Waals surface area contributed by atoms with Crippen molar-refractivity contribution in [1.82, 2.24) is 4.90 Å². The Kier molecular flexibility index (Phi) is 6.38. The highest BCUT2D eigenvalue weighted by molar-refractivity contribution is 6.30. The summed E-state index contributed by atoms with van der Waals surface area (Å²) in [5.74, 6) is -0.0667. The number of hydrogen-bond acceptors (Lipinski definition) is 3. The fourth-order valence-corrected chi connectivity index (χ4v) is 2.10. The highest BCUT2D eigenvalue weighted by Crippen LogP contribution is 2.18. The van der Waals surface area contributed by atoms with Gasteiger partial charge in [0.2, 0.25) is 5.91 Å². The van der Waals surface area contributed by atoms with Crippen LogP contribution in [0.2, 0.25) is 5.02 Å². The van der Waals surface area contributed by atoms with Gasteiger partial charge in [0.15, 0.2) is 0 Å². The van der Waals surface area contributed by atoms with Gasteiger partial charge in [0, 0.05) is 11.6 Å². The Bertz CT molecular complexity index is 652. The minimum absolute atomic E-state index is 0.119. The first-order chi connectivity index (χ1) is 11.0. The average Bonchev–Trinajstić information content (AvgIpc) is 2.51. The Morgan fingerprint density at radius 1 is 1.26 bits per heavy atom. The first-order valence-corrected chi connectivity index (χ1v) is 7.53. The Morgan fingerprint density at radius 3 is 2.70 bits per heavy atom. The second kappa shape index (κ2) is 8.50. The Labute approximate surface area is 139 Å². The van der Waals surface area contributed by atoms with E-state index in [1.807, 2.05) is 30.3 Å². The molecule has 0 aliphatic rings. The third kappa shape index (κ3) is 5.88. The zero-order valence-electron chi connectivity index (χ0n) is 12.8. The van der Waals surface area contributed by atoms with Gasteiger partial charge in [-0.2, -0.15) is 0 Å². The first kappa shape index (κ1) is 17.2. The first-order valence-electron chi connectivity index (χ1n) is 7.16. The minimum Gasteiger partial charge on any atom is -0.492 e. The Balaban J connectivity index is 1.74. The van der Waals surface area contributed by atoms with Crippen molar-refractivity contribution in [3.05, 3.63) is 59.4 Å². The number of halogens is 2. The standard InChI is InChI=1S/C17H18ClFN2O2/c1-21(9-10-23-14-5-3-2-4-6-14)12-17(22)20-16-8-7-13(18)11-15(16)19/h2-8,11H,9-10,12H2,1H3,(H,20,22). The van der Waals surface area contributed by atoms with Crippen LogP contribution in [0.3, 0.4) is 0 Å². The fourth-order valence-electron chi connectivity index (χ4n) is 1.94. The monoisotopic (exact) mass is 336 g/mol. The number of rotatable bonds is 7. The number of para-hydroxylation sites is 1. The molecule has 23 heavy (non-hydrogen) atoms. The lowest BCUT2D eigenvalue weighted by molar-refractivity contribution is -0.117. The zero-order chi connectivity index (χ0) is 16.7.